The Morgan fingerprint density at radius 2 is 1.26 bits per heavy atom. The number of hydrogen-bond donors (Lipinski definition) is 1. The lowest BCUT2D eigenvalue weighted by atomic mass is 10.2. The minimum Gasteiger partial charge on any atom is -0.302 e. The number of phosphoric ester groups is 1. The molecular formula is C8H13F6O4P. The van der Waals surface area contributed by atoms with Gasteiger partial charge in [-0.25, -0.2) is 30.9 Å². The van der Waals surface area contributed by atoms with E-state index in [4.69, 9.17) is 4.89 Å². The van der Waals surface area contributed by atoms with Gasteiger partial charge in [0.1, 0.15) is 0 Å². The van der Waals surface area contributed by atoms with E-state index < -0.39 is 45.2 Å². The van der Waals surface area contributed by atoms with E-state index in [1.165, 1.54) is 0 Å². The highest BCUT2D eigenvalue weighted by Gasteiger charge is 2.39. The van der Waals surface area contributed by atoms with Gasteiger partial charge >= 0.3 is 7.82 Å². The fraction of sp³-hybridized carbons (Fsp3) is 1.00. The molecule has 0 amide bonds. The number of phosphoric acid groups is 1. The van der Waals surface area contributed by atoms with E-state index in [0.717, 1.165) is 0 Å². The van der Waals surface area contributed by atoms with Crippen LogP contribution in [0.25, 0.3) is 0 Å². The van der Waals surface area contributed by atoms with Crippen LogP contribution in [0.3, 0.4) is 0 Å². The molecule has 0 aliphatic heterocycles. The summed E-state index contributed by atoms with van der Waals surface area (Å²) in [4.78, 5) is 8.83. The van der Waals surface area contributed by atoms with Crippen molar-refractivity contribution in [3.05, 3.63) is 0 Å². The fourth-order valence-corrected chi connectivity index (χ4v) is 1.36. The van der Waals surface area contributed by atoms with Gasteiger partial charge in [-0.15, -0.1) is 0 Å². The van der Waals surface area contributed by atoms with Crippen LogP contribution >= 0.6 is 7.82 Å². The minimum atomic E-state index is -5.09. The Balaban J connectivity index is 4.24. The first-order valence-electron chi connectivity index (χ1n) is 4.91. The largest absolute Gasteiger partial charge is 0.472 e. The standard InChI is InChI=1S/C8H13F6O4P/c1-7(11,12)5(9)3-17-19(15,16)18-4-6(10)8(2,13)14/h5-6H,3-4H2,1-2H3,(H,15,16). The number of rotatable bonds is 8. The van der Waals surface area contributed by atoms with Crippen molar-refractivity contribution in [2.45, 2.75) is 38.0 Å². The molecule has 2 unspecified atom stereocenters. The molecule has 116 valence electrons. The van der Waals surface area contributed by atoms with Gasteiger partial charge in [0.2, 0.25) is 0 Å². The van der Waals surface area contributed by atoms with Crippen molar-refractivity contribution in [2.75, 3.05) is 13.2 Å². The Morgan fingerprint density at radius 3 is 1.47 bits per heavy atom. The van der Waals surface area contributed by atoms with E-state index in [9.17, 15) is 30.9 Å². The van der Waals surface area contributed by atoms with Gasteiger partial charge in [0.05, 0.1) is 13.2 Å². The van der Waals surface area contributed by atoms with Crippen molar-refractivity contribution in [3.63, 3.8) is 0 Å². The molecule has 0 radical (unpaired) electrons. The lowest BCUT2D eigenvalue weighted by Gasteiger charge is -2.20. The minimum absolute atomic E-state index is 0.208. The zero-order valence-corrected chi connectivity index (χ0v) is 10.9. The number of alkyl halides is 6. The summed E-state index contributed by atoms with van der Waals surface area (Å²) in [6, 6.07) is 0. The zero-order valence-electron chi connectivity index (χ0n) is 9.96. The lowest BCUT2D eigenvalue weighted by Crippen LogP contribution is -2.31. The van der Waals surface area contributed by atoms with Crippen molar-refractivity contribution in [3.8, 4) is 0 Å². The Labute approximate surface area is 105 Å². The molecule has 0 aromatic carbocycles. The highest BCUT2D eigenvalue weighted by Crippen LogP contribution is 2.44. The van der Waals surface area contributed by atoms with Crippen LogP contribution < -0.4 is 0 Å². The molecule has 0 saturated heterocycles. The maximum Gasteiger partial charge on any atom is 0.472 e. The van der Waals surface area contributed by atoms with Crippen LogP contribution in [0, 0.1) is 0 Å². The van der Waals surface area contributed by atoms with Gasteiger partial charge in [0.25, 0.3) is 11.8 Å². The second kappa shape index (κ2) is 6.43. The summed E-state index contributed by atoms with van der Waals surface area (Å²) < 4.78 is 93.3. The predicted molar refractivity (Wildman–Crippen MR) is 52.8 cm³/mol. The Kier molecular flexibility index (Phi) is 6.32. The summed E-state index contributed by atoms with van der Waals surface area (Å²) in [5, 5.41) is 0. The molecule has 0 spiro atoms. The van der Waals surface area contributed by atoms with Crippen molar-refractivity contribution in [1.82, 2.24) is 0 Å². The number of halogens is 6. The first kappa shape index (κ1) is 18.7. The lowest BCUT2D eigenvalue weighted by molar-refractivity contribution is -0.0812. The van der Waals surface area contributed by atoms with Gasteiger partial charge in [-0.05, 0) is 0 Å². The summed E-state index contributed by atoms with van der Waals surface area (Å²) in [6.07, 6.45) is -5.80. The van der Waals surface area contributed by atoms with Crippen LogP contribution in [0.4, 0.5) is 26.3 Å². The molecule has 11 heteroatoms. The maximum atomic E-state index is 12.7. The molecule has 1 N–H and O–H groups in total. The molecule has 0 fully saturated rings. The molecule has 0 aromatic heterocycles. The third-order valence-corrected chi connectivity index (χ3v) is 2.82. The van der Waals surface area contributed by atoms with Gasteiger partial charge in [-0.3, -0.25) is 9.05 Å². The van der Waals surface area contributed by atoms with Crippen molar-refractivity contribution < 1.29 is 44.8 Å². The highest BCUT2D eigenvalue weighted by molar-refractivity contribution is 7.47. The summed E-state index contributed by atoms with van der Waals surface area (Å²) in [6.45, 7) is -2.59. The highest BCUT2D eigenvalue weighted by atomic mass is 31.2. The maximum absolute atomic E-state index is 12.7. The monoisotopic (exact) mass is 318 g/mol. The first-order chi connectivity index (χ1) is 8.26. The molecule has 19 heavy (non-hydrogen) atoms. The molecule has 0 rings (SSSR count). The topological polar surface area (TPSA) is 55.8 Å². The van der Waals surface area contributed by atoms with Crippen LogP contribution in [-0.4, -0.2) is 42.3 Å². The smallest absolute Gasteiger partial charge is 0.302 e. The van der Waals surface area contributed by atoms with Gasteiger partial charge < -0.3 is 4.89 Å². The predicted octanol–water partition coefficient (Wildman–Crippen LogP) is 3.11. The second-order valence-corrected chi connectivity index (χ2v) is 5.36. The number of hydrogen-bond acceptors (Lipinski definition) is 3. The van der Waals surface area contributed by atoms with Gasteiger partial charge in [-0.1, -0.05) is 0 Å². The van der Waals surface area contributed by atoms with Crippen LogP contribution in [-0.2, 0) is 13.6 Å². The summed E-state index contributed by atoms with van der Waals surface area (Å²) in [5.74, 6) is -7.64. The second-order valence-electron chi connectivity index (χ2n) is 3.91. The molecule has 0 saturated carbocycles. The first-order valence-corrected chi connectivity index (χ1v) is 6.41. The molecule has 0 aromatic rings. The molecule has 0 aliphatic carbocycles. The Bertz CT molecular complexity index is 300. The molecule has 4 nitrogen and oxygen atoms in total. The van der Waals surface area contributed by atoms with E-state index in [1.807, 2.05) is 0 Å². The zero-order chi connectivity index (χ0) is 15.5. The van der Waals surface area contributed by atoms with Gasteiger partial charge in [0.15, 0.2) is 12.3 Å². The average Bonchev–Trinajstić information content (AvgIpc) is 2.20. The third-order valence-electron chi connectivity index (χ3n) is 1.87. The van der Waals surface area contributed by atoms with E-state index in [1.54, 1.807) is 0 Å². The SMILES string of the molecule is CC(F)(F)C(F)COP(=O)(O)OCC(F)C(C)(F)F. The summed E-state index contributed by atoms with van der Waals surface area (Å²) in [5.41, 5.74) is 0. The summed E-state index contributed by atoms with van der Waals surface area (Å²) >= 11 is 0. The van der Waals surface area contributed by atoms with Crippen LogP contribution in [0.5, 0.6) is 0 Å². The van der Waals surface area contributed by atoms with E-state index in [2.05, 4.69) is 9.05 Å². The fourth-order valence-electron chi connectivity index (χ4n) is 0.649. The van der Waals surface area contributed by atoms with Crippen LogP contribution in [0.1, 0.15) is 13.8 Å². The Morgan fingerprint density at radius 1 is 1.00 bits per heavy atom. The third kappa shape index (κ3) is 7.76. The quantitative estimate of drug-likeness (QED) is 0.552. The molecular weight excluding hydrogens is 305 g/mol. The molecule has 0 bridgehead atoms. The molecule has 2 atom stereocenters. The summed E-state index contributed by atoms with van der Waals surface area (Å²) in [7, 11) is -5.09. The van der Waals surface area contributed by atoms with Gasteiger partial charge in [-0.2, -0.15) is 0 Å². The normalized spacial score (nSPS) is 19.8. The van der Waals surface area contributed by atoms with E-state index in [0.29, 0.717) is 0 Å². The molecule has 0 heterocycles. The Hall–Kier alpha value is -0.310. The average molecular weight is 318 g/mol. The van der Waals surface area contributed by atoms with E-state index in [-0.39, 0.29) is 13.8 Å². The van der Waals surface area contributed by atoms with Crippen molar-refractivity contribution in [1.29, 1.82) is 0 Å². The van der Waals surface area contributed by atoms with Crippen LogP contribution in [0.15, 0.2) is 0 Å². The molecule has 0 aliphatic rings. The van der Waals surface area contributed by atoms with Crippen LogP contribution in [0.2, 0.25) is 0 Å². The van der Waals surface area contributed by atoms with Gasteiger partial charge in [0, 0.05) is 13.8 Å². The van der Waals surface area contributed by atoms with Crippen molar-refractivity contribution in [2.24, 2.45) is 0 Å². The van der Waals surface area contributed by atoms with Crippen molar-refractivity contribution >= 4 is 7.82 Å². The van der Waals surface area contributed by atoms with E-state index >= 15 is 0 Å².